The summed E-state index contributed by atoms with van der Waals surface area (Å²) < 4.78 is 40.1. The molecule has 0 saturated heterocycles. The van der Waals surface area contributed by atoms with Gasteiger partial charge in [-0.2, -0.15) is 0 Å². The lowest BCUT2D eigenvalue weighted by atomic mass is 10.1. The molecule has 0 saturated carbocycles. The molecule has 0 aliphatic heterocycles. The first kappa shape index (κ1) is 24.7. The number of rotatable bonds is 5. The third kappa shape index (κ3) is 7.89. The minimum absolute atomic E-state index is 0.0742. The summed E-state index contributed by atoms with van der Waals surface area (Å²) in [6.45, 7) is 0. The quantitative estimate of drug-likeness (QED) is 0.242. The molecule has 1 heterocycles. The van der Waals surface area contributed by atoms with Crippen molar-refractivity contribution in [3.63, 3.8) is 0 Å². The first-order valence-corrected chi connectivity index (χ1v) is 11.1. The van der Waals surface area contributed by atoms with Crippen LogP contribution in [0.3, 0.4) is 0 Å². The molecule has 4 rings (SSSR count). The summed E-state index contributed by atoms with van der Waals surface area (Å²) >= 11 is 0. The van der Waals surface area contributed by atoms with Gasteiger partial charge in [-0.15, -0.1) is 10.2 Å². The standard InChI is InChI=1S/C25H18NO3.ClHO4/c27-26(28)23-13-7-8-19(16-23)14-15-20-17-24(21-9-3-1-4-10-21)29-25(18-20)22-11-5-2-6-12-22;2-1(3,4)5/h1-18H;(H,2,3,4,5)/q+1;/p-1. The van der Waals surface area contributed by atoms with E-state index in [4.69, 9.17) is 23.1 Å². The minimum Gasteiger partial charge on any atom is -0.258 e. The molecule has 0 aliphatic carbocycles. The van der Waals surface area contributed by atoms with Crippen LogP contribution in [-0.2, 0) is 0 Å². The average molecular weight is 480 g/mol. The number of hydrogen-bond acceptors (Lipinski definition) is 6. The van der Waals surface area contributed by atoms with E-state index < -0.39 is 10.2 Å². The Balaban J connectivity index is 0.000000588. The van der Waals surface area contributed by atoms with Crippen LogP contribution in [-0.4, -0.2) is 4.92 Å². The first-order chi connectivity index (χ1) is 16.2. The maximum atomic E-state index is 11.0. The molecule has 0 spiro atoms. The van der Waals surface area contributed by atoms with Crippen LogP contribution in [0.15, 0.2) is 101 Å². The predicted octanol–water partition coefficient (Wildman–Crippen LogP) is 2.22. The van der Waals surface area contributed by atoms with Gasteiger partial charge in [0.25, 0.3) is 5.69 Å². The Hall–Kier alpha value is -3.92. The molecular weight excluding hydrogens is 462 g/mol. The number of benzene rings is 3. The lowest BCUT2D eigenvalue weighted by Crippen LogP contribution is -2.68. The fourth-order valence-corrected chi connectivity index (χ4v) is 3.04. The second-order valence-electron chi connectivity index (χ2n) is 6.91. The van der Waals surface area contributed by atoms with Gasteiger partial charge in [0.05, 0.1) is 28.2 Å². The van der Waals surface area contributed by atoms with Gasteiger partial charge in [0.15, 0.2) is 0 Å². The van der Waals surface area contributed by atoms with E-state index in [9.17, 15) is 10.1 Å². The molecular formula is C25H18ClNO7. The average Bonchev–Trinajstić information content (AvgIpc) is 2.83. The van der Waals surface area contributed by atoms with Gasteiger partial charge < -0.3 is 0 Å². The summed E-state index contributed by atoms with van der Waals surface area (Å²) in [6, 6.07) is 30.3. The zero-order valence-corrected chi connectivity index (χ0v) is 18.3. The first-order valence-electron chi connectivity index (χ1n) is 9.82. The Labute approximate surface area is 197 Å². The zero-order chi connectivity index (χ0) is 24.6. The fourth-order valence-electron chi connectivity index (χ4n) is 3.04. The third-order valence-corrected chi connectivity index (χ3v) is 4.48. The molecule has 8 nitrogen and oxygen atoms in total. The summed E-state index contributed by atoms with van der Waals surface area (Å²) in [5.41, 5.74) is 3.75. The van der Waals surface area contributed by atoms with Gasteiger partial charge in [0, 0.05) is 12.1 Å². The second-order valence-corrected chi connectivity index (χ2v) is 7.67. The number of halogens is 1. The van der Waals surface area contributed by atoms with E-state index in [2.05, 4.69) is 0 Å². The topological polar surface area (TPSA) is 147 Å². The Kier molecular flexibility index (Phi) is 8.20. The summed E-state index contributed by atoms with van der Waals surface area (Å²) in [5, 5.41) is 11.0. The molecule has 0 amide bonds. The lowest BCUT2D eigenvalue weighted by molar-refractivity contribution is -2.00. The normalized spacial score (nSPS) is 11.1. The van der Waals surface area contributed by atoms with Gasteiger partial charge in [0.2, 0.25) is 0 Å². The summed E-state index contributed by atoms with van der Waals surface area (Å²) in [4.78, 5) is 10.6. The highest BCUT2D eigenvalue weighted by molar-refractivity contribution is 5.75. The predicted molar refractivity (Wildman–Crippen MR) is 116 cm³/mol. The van der Waals surface area contributed by atoms with Crippen LogP contribution in [0.1, 0.15) is 11.1 Å². The zero-order valence-electron chi connectivity index (χ0n) is 17.6. The van der Waals surface area contributed by atoms with Crippen molar-refractivity contribution < 1.29 is 38.2 Å². The van der Waals surface area contributed by atoms with Crippen LogP contribution in [0.5, 0.6) is 0 Å². The summed E-state index contributed by atoms with van der Waals surface area (Å²) in [7, 11) is -4.94. The largest absolute Gasteiger partial charge is 0.361 e. The number of nitro benzene ring substituents is 1. The maximum absolute atomic E-state index is 11.0. The lowest BCUT2D eigenvalue weighted by Gasteiger charge is -2.17. The molecule has 0 atom stereocenters. The number of hydrogen-bond donors (Lipinski definition) is 0. The van der Waals surface area contributed by atoms with E-state index in [-0.39, 0.29) is 10.6 Å². The monoisotopic (exact) mass is 479 g/mol. The van der Waals surface area contributed by atoms with E-state index >= 15 is 0 Å². The van der Waals surface area contributed by atoms with Crippen molar-refractivity contribution in [3.05, 3.63) is 118 Å². The van der Waals surface area contributed by atoms with Gasteiger partial charge >= 0.3 is 11.5 Å². The van der Waals surface area contributed by atoms with Crippen molar-refractivity contribution in [1.82, 2.24) is 0 Å². The van der Waals surface area contributed by atoms with E-state index in [0.717, 1.165) is 33.8 Å². The highest BCUT2D eigenvalue weighted by Gasteiger charge is 2.18. The molecule has 1 aromatic heterocycles. The Morgan fingerprint density at radius 3 is 1.59 bits per heavy atom. The van der Waals surface area contributed by atoms with Crippen LogP contribution >= 0.6 is 0 Å². The smallest absolute Gasteiger partial charge is 0.258 e. The van der Waals surface area contributed by atoms with Crippen LogP contribution in [0, 0.1) is 20.4 Å². The van der Waals surface area contributed by atoms with Crippen LogP contribution in [0.4, 0.5) is 5.69 Å². The fraction of sp³-hybridized carbons (Fsp3) is 0. The maximum Gasteiger partial charge on any atom is 0.361 e. The Bertz CT molecular complexity index is 1210. The number of nitro groups is 1. The van der Waals surface area contributed by atoms with E-state index in [1.54, 1.807) is 12.1 Å². The molecule has 4 aromatic rings. The Morgan fingerprint density at radius 2 is 1.12 bits per heavy atom. The van der Waals surface area contributed by atoms with E-state index in [0.29, 0.717) is 0 Å². The van der Waals surface area contributed by atoms with Crippen molar-refractivity contribution in [3.8, 4) is 22.6 Å². The SMILES string of the molecule is O=[N+]([O-])c1cccc(C=Cc2cc(-c3ccccc3)[o+]c(-c3ccccc3)c2)c1.[O-][Cl+3]([O-])([O-])[O-]. The molecule has 0 aliphatic rings. The molecule has 0 fully saturated rings. The van der Waals surface area contributed by atoms with Crippen molar-refractivity contribution in [2.75, 3.05) is 0 Å². The third-order valence-electron chi connectivity index (χ3n) is 4.48. The van der Waals surface area contributed by atoms with Gasteiger partial charge in [-0.1, -0.05) is 60.7 Å². The van der Waals surface area contributed by atoms with Crippen molar-refractivity contribution in [2.24, 2.45) is 0 Å². The van der Waals surface area contributed by atoms with Crippen molar-refractivity contribution in [1.29, 1.82) is 0 Å². The second kappa shape index (κ2) is 11.3. The number of non-ortho nitro benzene ring substituents is 1. The molecule has 0 unspecified atom stereocenters. The summed E-state index contributed by atoms with van der Waals surface area (Å²) in [6.07, 6.45) is 3.80. The highest BCUT2D eigenvalue weighted by atomic mass is 35.7. The molecule has 0 bridgehead atoms. The van der Waals surface area contributed by atoms with Crippen LogP contribution in [0.2, 0.25) is 0 Å². The van der Waals surface area contributed by atoms with E-state index in [1.165, 1.54) is 6.07 Å². The minimum atomic E-state index is -4.94. The van der Waals surface area contributed by atoms with Gasteiger partial charge in [-0.3, -0.25) is 10.1 Å². The molecule has 34 heavy (non-hydrogen) atoms. The van der Waals surface area contributed by atoms with Crippen molar-refractivity contribution in [2.45, 2.75) is 0 Å². The summed E-state index contributed by atoms with van der Waals surface area (Å²) in [5.74, 6) is 1.51. The molecule has 172 valence electrons. The van der Waals surface area contributed by atoms with Gasteiger partial charge in [-0.25, -0.2) is 23.1 Å². The molecule has 0 radical (unpaired) electrons. The van der Waals surface area contributed by atoms with Crippen LogP contribution in [0.25, 0.3) is 34.8 Å². The Morgan fingerprint density at radius 1 is 0.647 bits per heavy atom. The number of nitrogens with zero attached hydrogens (tertiary/aromatic N) is 1. The van der Waals surface area contributed by atoms with Crippen molar-refractivity contribution >= 4 is 17.8 Å². The molecule has 3 aromatic carbocycles. The van der Waals surface area contributed by atoms with E-state index in [1.807, 2.05) is 91.0 Å². The molecule has 9 heteroatoms. The van der Waals surface area contributed by atoms with Gasteiger partial charge in [0.1, 0.15) is 0 Å². The van der Waals surface area contributed by atoms with Gasteiger partial charge in [-0.05, 0) is 35.4 Å². The van der Waals surface area contributed by atoms with Crippen LogP contribution < -0.4 is 18.6 Å². The highest BCUT2D eigenvalue weighted by Crippen LogP contribution is 2.29. The molecule has 0 N–H and O–H groups in total.